The molecular weight excluding hydrogens is 702 g/mol. The van der Waals surface area contributed by atoms with Crippen LogP contribution in [-0.4, -0.2) is 86.2 Å². The number of guanidine groups is 1. The molecule has 1 aliphatic rings. The molecule has 9 N–H and O–H groups in total. The molecule has 17 heteroatoms. The van der Waals surface area contributed by atoms with Crippen molar-refractivity contribution in [3.05, 3.63) is 83.0 Å². The smallest absolute Gasteiger partial charge is 0.347 e. The van der Waals surface area contributed by atoms with Gasteiger partial charge >= 0.3 is 6.03 Å². The summed E-state index contributed by atoms with van der Waals surface area (Å²) in [5, 5.41) is 16.4. The number of amides is 5. The van der Waals surface area contributed by atoms with E-state index in [1.54, 1.807) is 61.5 Å². The Hall–Kier alpha value is -5.77. The minimum absolute atomic E-state index is 0.0184. The number of nitrogens with one attached hydrogen (secondary N) is 3. The largest absolute Gasteiger partial charge is 0.370 e. The number of anilines is 1. The van der Waals surface area contributed by atoms with Gasteiger partial charge in [0.15, 0.2) is 11.8 Å². The fourth-order valence-corrected chi connectivity index (χ4v) is 6.21. The van der Waals surface area contributed by atoms with Gasteiger partial charge < -0.3 is 38.1 Å². The molecule has 4 rings (SSSR count). The van der Waals surface area contributed by atoms with Gasteiger partial charge in [0, 0.05) is 30.1 Å². The van der Waals surface area contributed by atoms with Gasteiger partial charge in [-0.05, 0) is 55.9 Å². The van der Waals surface area contributed by atoms with E-state index in [0.29, 0.717) is 29.8 Å². The van der Waals surface area contributed by atoms with Crippen LogP contribution in [0.25, 0.3) is 6.08 Å². The van der Waals surface area contributed by atoms with E-state index in [4.69, 9.17) is 28.8 Å². The first-order chi connectivity index (χ1) is 25.4. The predicted molar refractivity (Wildman–Crippen MR) is 201 cm³/mol. The predicted octanol–water partition coefficient (Wildman–Crippen LogP) is 2.33. The summed E-state index contributed by atoms with van der Waals surface area (Å²) in [6.45, 7) is 1.76. The minimum atomic E-state index is -1.12. The summed E-state index contributed by atoms with van der Waals surface area (Å²) in [6, 6.07) is 11.9. The number of hydrogen-bond acceptors (Lipinski definition) is 8. The van der Waals surface area contributed by atoms with Gasteiger partial charge in [-0.3, -0.25) is 24.2 Å². The number of nitrogens with zero attached hydrogens (tertiary/aromatic N) is 5. The molecule has 1 fully saturated rings. The van der Waals surface area contributed by atoms with Gasteiger partial charge in [0.1, 0.15) is 18.1 Å². The topological polar surface area (TPSA) is 246 Å². The van der Waals surface area contributed by atoms with Crippen LogP contribution in [0, 0.1) is 0 Å². The summed E-state index contributed by atoms with van der Waals surface area (Å²) in [5.41, 5.74) is 18.0. The zero-order valence-electron chi connectivity index (χ0n) is 29.5. The quantitative estimate of drug-likeness (QED) is 0.0544. The summed E-state index contributed by atoms with van der Waals surface area (Å²) in [7, 11) is 0. The zero-order valence-corrected chi connectivity index (χ0v) is 30.2. The van der Waals surface area contributed by atoms with E-state index >= 15 is 0 Å². The second-order valence-corrected chi connectivity index (χ2v) is 13.1. The number of carbonyl (C=O) groups is 5. The van der Waals surface area contributed by atoms with Crippen LogP contribution in [0.3, 0.4) is 0 Å². The van der Waals surface area contributed by atoms with Crippen LogP contribution in [-0.2, 0) is 25.6 Å². The molecule has 1 saturated carbocycles. The molecule has 0 aliphatic heterocycles. The van der Waals surface area contributed by atoms with Crippen molar-refractivity contribution in [2.45, 2.75) is 82.5 Å². The Bertz CT molecular complexity index is 1790. The maximum atomic E-state index is 14.0. The van der Waals surface area contributed by atoms with Gasteiger partial charge in [0.25, 0.3) is 0 Å². The lowest BCUT2D eigenvalue weighted by molar-refractivity contribution is -0.133. The van der Waals surface area contributed by atoms with Crippen molar-refractivity contribution in [3.8, 4) is 0 Å². The summed E-state index contributed by atoms with van der Waals surface area (Å²) >= 11 is 6.16. The number of hydrogen-bond donors (Lipinski definition) is 6. The van der Waals surface area contributed by atoms with E-state index in [9.17, 15) is 24.0 Å². The molecule has 1 aromatic heterocycles. The molecule has 53 heavy (non-hydrogen) atoms. The Morgan fingerprint density at radius 3 is 2.32 bits per heavy atom. The Balaban J connectivity index is 1.50. The zero-order chi connectivity index (χ0) is 38.3. The SMILES string of the molecule is C[C@@H](C(=O)N[C@@H](CCCN=C(N)N)C(=O)N[C@@H](Cc1ccccc1)C(N)=O)N(C(=O)n1cc(NC(=O)C=Cc2ccccc2Cl)nn1)C1CCCCC1. The Kier molecular flexibility index (Phi) is 14.9. The van der Waals surface area contributed by atoms with Gasteiger partial charge in [-0.1, -0.05) is 84.6 Å². The second kappa shape index (κ2) is 19.7. The first-order valence-electron chi connectivity index (χ1n) is 17.4. The van der Waals surface area contributed by atoms with Crippen LogP contribution in [0.1, 0.15) is 63.0 Å². The van der Waals surface area contributed by atoms with Crippen LogP contribution < -0.4 is 33.2 Å². The van der Waals surface area contributed by atoms with Gasteiger partial charge in [-0.2, -0.15) is 4.68 Å². The highest BCUT2D eigenvalue weighted by Gasteiger charge is 2.36. The molecule has 5 amide bonds. The Morgan fingerprint density at radius 1 is 0.962 bits per heavy atom. The molecule has 282 valence electrons. The molecule has 0 radical (unpaired) electrons. The van der Waals surface area contributed by atoms with Crippen LogP contribution >= 0.6 is 11.6 Å². The summed E-state index contributed by atoms with van der Waals surface area (Å²) in [4.78, 5) is 71.9. The maximum absolute atomic E-state index is 14.0. The standard InChI is InChI=1S/C36H46ClN11O5/c1-23(33(51)42-28(17-10-20-41-35(39)40)34(52)43-29(32(38)50)21-24-11-4-2-5-12-24)48(26-14-6-3-7-15-26)36(53)47-22-30(45-46-47)44-31(49)19-18-25-13-8-9-16-27(25)37/h2,4-5,8-9,11-13,16,18-19,22-23,26,28-29H,3,6-7,10,14-15,17,20-21H2,1H3,(H2,38,50)(H,42,51)(H,43,52)(H,44,49)(H4,39,40,41)/t23-,28-,29-/m0/s1. The lowest BCUT2D eigenvalue weighted by Gasteiger charge is -2.37. The maximum Gasteiger partial charge on any atom is 0.347 e. The Morgan fingerprint density at radius 2 is 1.64 bits per heavy atom. The lowest BCUT2D eigenvalue weighted by Crippen LogP contribution is -2.58. The fraction of sp³-hybridized carbons (Fsp3) is 0.389. The number of aliphatic imine (C=N–C) groups is 1. The third kappa shape index (κ3) is 12.2. The van der Waals surface area contributed by atoms with Gasteiger partial charge in [0.2, 0.25) is 23.6 Å². The van der Waals surface area contributed by atoms with Crippen molar-refractivity contribution in [1.29, 1.82) is 0 Å². The van der Waals surface area contributed by atoms with Gasteiger partial charge in [-0.25, -0.2) is 4.79 Å². The van der Waals surface area contributed by atoms with Crippen molar-refractivity contribution in [3.63, 3.8) is 0 Å². The molecule has 2 aromatic carbocycles. The fourth-order valence-electron chi connectivity index (χ4n) is 6.01. The summed E-state index contributed by atoms with van der Waals surface area (Å²) in [6.07, 6.45) is 8.66. The van der Waals surface area contributed by atoms with Crippen LogP contribution in [0.4, 0.5) is 10.6 Å². The van der Waals surface area contributed by atoms with E-state index in [1.165, 1.54) is 17.2 Å². The molecule has 0 spiro atoms. The molecule has 3 atom stereocenters. The molecule has 16 nitrogen and oxygen atoms in total. The molecular formula is C36H46ClN11O5. The first kappa shape index (κ1) is 40.0. The van der Waals surface area contributed by atoms with Crippen LogP contribution in [0.5, 0.6) is 0 Å². The number of aromatic nitrogens is 3. The van der Waals surface area contributed by atoms with Crippen molar-refractivity contribution in [1.82, 2.24) is 30.5 Å². The highest BCUT2D eigenvalue weighted by molar-refractivity contribution is 6.32. The number of halogens is 1. The normalized spacial score (nSPS) is 14.8. The van der Waals surface area contributed by atoms with E-state index in [-0.39, 0.29) is 37.2 Å². The highest BCUT2D eigenvalue weighted by Crippen LogP contribution is 2.25. The number of nitrogens with two attached hydrogens (primary N) is 3. The van der Waals surface area contributed by atoms with E-state index in [2.05, 4.69) is 31.3 Å². The van der Waals surface area contributed by atoms with Gasteiger partial charge in [0.05, 0.1) is 6.20 Å². The average Bonchev–Trinajstić information content (AvgIpc) is 3.61. The minimum Gasteiger partial charge on any atom is -0.370 e. The highest BCUT2D eigenvalue weighted by atomic mass is 35.5. The Labute approximate surface area is 312 Å². The van der Waals surface area contributed by atoms with Crippen LogP contribution in [0.2, 0.25) is 5.02 Å². The van der Waals surface area contributed by atoms with E-state index < -0.39 is 47.8 Å². The van der Waals surface area contributed by atoms with Crippen molar-refractivity contribution in [2.75, 3.05) is 11.9 Å². The van der Waals surface area contributed by atoms with Crippen LogP contribution in [0.15, 0.2) is 71.9 Å². The molecule has 1 aliphatic carbocycles. The molecule has 0 saturated heterocycles. The van der Waals surface area contributed by atoms with Crippen molar-refractivity contribution >= 4 is 59.1 Å². The number of primary amides is 1. The number of benzene rings is 2. The first-order valence-corrected chi connectivity index (χ1v) is 17.8. The third-order valence-electron chi connectivity index (χ3n) is 8.77. The summed E-state index contributed by atoms with van der Waals surface area (Å²) in [5.74, 6) is -2.60. The van der Waals surface area contributed by atoms with E-state index in [1.807, 2.05) is 6.07 Å². The van der Waals surface area contributed by atoms with Crippen molar-refractivity contribution in [2.24, 2.45) is 22.2 Å². The van der Waals surface area contributed by atoms with Crippen molar-refractivity contribution < 1.29 is 24.0 Å². The average molecular weight is 748 g/mol. The molecule has 0 bridgehead atoms. The monoisotopic (exact) mass is 747 g/mol. The number of rotatable bonds is 16. The van der Waals surface area contributed by atoms with E-state index in [0.717, 1.165) is 29.5 Å². The second-order valence-electron chi connectivity index (χ2n) is 12.7. The summed E-state index contributed by atoms with van der Waals surface area (Å²) < 4.78 is 0.965. The van der Waals surface area contributed by atoms with Gasteiger partial charge in [-0.15, -0.1) is 5.10 Å². The molecule has 1 heterocycles. The molecule has 0 unspecified atom stereocenters. The third-order valence-corrected chi connectivity index (χ3v) is 9.11. The lowest BCUT2D eigenvalue weighted by atomic mass is 9.93. The molecule has 3 aromatic rings. The number of carbonyl (C=O) groups excluding carboxylic acids is 5.